The summed E-state index contributed by atoms with van der Waals surface area (Å²) in [5.41, 5.74) is 3.05. The molecule has 24 heavy (non-hydrogen) atoms. The highest BCUT2D eigenvalue weighted by Crippen LogP contribution is 2.36. The van der Waals surface area contributed by atoms with Gasteiger partial charge in [-0.3, -0.25) is 0 Å². The number of rotatable bonds is 5. The van der Waals surface area contributed by atoms with Gasteiger partial charge in [0.1, 0.15) is 11.5 Å². The van der Waals surface area contributed by atoms with E-state index in [-0.39, 0.29) is 6.10 Å². The van der Waals surface area contributed by atoms with E-state index in [0.717, 1.165) is 67.4 Å². The van der Waals surface area contributed by atoms with Crippen molar-refractivity contribution in [2.45, 2.75) is 64.4 Å². The van der Waals surface area contributed by atoms with Crippen LogP contribution in [-0.4, -0.2) is 26.3 Å². The first-order valence-corrected chi connectivity index (χ1v) is 9.14. The van der Waals surface area contributed by atoms with Crippen molar-refractivity contribution in [1.82, 2.24) is 15.1 Å². The van der Waals surface area contributed by atoms with Gasteiger partial charge in [-0.2, -0.15) is 0 Å². The van der Waals surface area contributed by atoms with Gasteiger partial charge in [-0.1, -0.05) is 5.16 Å². The number of aliphatic hydroxyl groups is 1. The van der Waals surface area contributed by atoms with Crippen LogP contribution >= 0.6 is 0 Å². The molecular weight excluding hydrogens is 302 g/mol. The van der Waals surface area contributed by atoms with Crippen LogP contribution in [-0.2, 0) is 12.8 Å². The summed E-state index contributed by atoms with van der Waals surface area (Å²) in [5, 5.41) is 13.8. The number of aryl methyl sites for hydroxylation is 1. The lowest BCUT2D eigenvalue weighted by atomic mass is 9.85. The fourth-order valence-electron chi connectivity index (χ4n) is 3.67. The Labute approximate surface area is 142 Å². The molecule has 5 heteroatoms. The first kappa shape index (κ1) is 15.8. The summed E-state index contributed by atoms with van der Waals surface area (Å²) >= 11 is 0. The van der Waals surface area contributed by atoms with Crippen molar-refractivity contribution in [2.24, 2.45) is 11.8 Å². The molecule has 0 aromatic carbocycles. The summed E-state index contributed by atoms with van der Waals surface area (Å²) in [6.45, 7) is 2.01. The van der Waals surface area contributed by atoms with Gasteiger partial charge < -0.3 is 9.63 Å². The van der Waals surface area contributed by atoms with Crippen molar-refractivity contribution in [3.63, 3.8) is 0 Å². The summed E-state index contributed by atoms with van der Waals surface area (Å²) in [4.78, 5) is 9.20. The maximum Gasteiger partial charge on any atom is 0.188 e. The molecule has 0 radical (unpaired) electrons. The summed E-state index contributed by atoms with van der Waals surface area (Å²) in [7, 11) is 0. The SMILES string of the molecule is Cc1noc(-c2ccnc(CC3CCC(O)CC3)n2)c1CC1CC1. The van der Waals surface area contributed by atoms with Crippen LogP contribution in [0.3, 0.4) is 0 Å². The van der Waals surface area contributed by atoms with Crippen LogP contribution in [0.15, 0.2) is 16.8 Å². The molecule has 0 aliphatic heterocycles. The Bertz CT molecular complexity index is 700. The second kappa shape index (κ2) is 6.63. The van der Waals surface area contributed by atoms with Gasteiger partial charge in [-0.25, -0.2) is 9.97 Å². The van der Waals surface area contributed by atoms with Crippen LogP contribution in [0.5, 0.6) is 0 Å². The third-order valence-corrected chi connectivity index (χ3v) is 5.40. The molecule has 2 fully saturated rings. The predicted molar refractivity (Wildman–Crippen MR) is 90.4 cm³/mol. The van der Waals surface area contributed by atoms with Crippen LogP contribution in [0.25, 0.3) is 11.5 Å². The number of aliphatic hydroxyl groups excluding tert-OH is 1. The molecule has 5 nitrogen and oxygen atoms in total. The van der Waals surface area contributed by atoms with Crippen LogP contribution < -0.4 is 0 Å². The van der Waals surface area contributed by atoms with E-state index in [4.69, 9.17) is 9.51 Å². The lowest BCUT2D eigenvalue weighted by Gasteiger charge is -2.24. The Morgan fingerprint density at radius 2 is 1.79 bits per heavy atom. The third-order valence-electron chi connectivity index (χ3n) is 5.40. The normalized spacial score (nSPS) is 24.2. The highest BCUT2D eigenvalue weighted by Gasteiger charge is 2.27. The molecule has 0 spiro atoms. The fraction of sp³-hybridized carbons (Fsp3) is 0.632. The van der Waals surface area contributed by atoms with Crippen LogP contribution in [0, 0.1) is 18.8 Å². The Kier molecular flexibility index (Phi) is 4.35. The van der Waals surface area contributed by atoms with Crippen molar-refractivity contribution in [3.8, 4) is 11.5 Å². The monoisotopic (exact) mass is 327 g/mol. The van der Waals surface area contributed by atoms with Crippen molar-refractivity contribution in [2.75, 3.05) is 0 Å². The van der Waals surface area contributed by atoms with Crippen LogP contribution in [0.1, 0.15) is 55.6 Å². The van der Waals surface area contributed by atoms with Gasteiger partial charge in [-0.15, -0.1) is 0 Å². The van der Waals surface area contributed by atoms with Gasteiger partial charge in [-0.05, 0) is 69.8 Å². The summed E-state index contributed by atoms with van der Waals surface area (Å²) in [5.74, 6) is 3.06. The Morgan fingerprint density at radius 3 is 2.54 bits per heavy atom. The van der Waals surface area contributed by atoms with Gasteiger partial charge >= 0.3 is 0 Å². The van der Waals surface area contributed by atoms with Gasteiger partial charge in [0.2, 0.25) is 0 Å². The molecule has 0 amide bonds. The molecule has 2 heterocycles. The predicted octanol–water partition coefficient (Wildman–Crippen LogP) is 3.49. The van der Waals surface area contributed by atoms with E-state index in [1.54, 1.807) is 0 Å². The first-order chi connectivity index (χ1) is 11.7. The molecule has 0 saturated heterocycles. The van der Waals surface area contributed by atoms with Gasteiger partial charge in [0, 0.05) is 18.2 Å². The quantitative estimate of drug-likeness (QED) is 0.910. The van der Waals surface area contributed by atoms with Crippen molar-refractivity contribution < 1.29 is 9.63 Å². The molecule has 2 aromatic rings. The Balaban J connectivity index is 1.52. The second-order valence-corrected chi connectivity index (χ2v) is 7.46. The standard InChI is InChI=1S/C19H25N3O2/c1-12-16(10-13-2-3-13)19(24-22-12)17-8-9-20-18(21-17)11-14-4-6-15(23)7-5-14/h8-9,13-15,23H,2-7,10-11H2,1H3. The average Bonchev–Trinajstić information content (AvgIpc) is 3.33. The van der Waals surface area contributed by atoms with E-state index >= 15 is 0 Å². The summed E-state index contributed by atoms with van der Waals surface area (Å²) in [6.07, 6.45) is 10.2. The zero-order valence-corrected chi connectivity index (χ0v) is 14.2. The topological polar surface area (TPSA) is 72.0 Å². The first-order valence-electron chi connectivity index (χ1n) is 9.14. The van der Waals surface area contributed by atoms with E-state index in [2.05, 4.69) is 10.1 Å². The van der Waals surface area contributed by atoms with Crippen molar-refractivity contribution in [1.29, 1.82) is 0 Å². The molecule has 0 bridgehead atoms. The van der Waals surface area contributed by atoms with E-state index in [1.807, 2.05) is 19.2 Å². The van der Waals surface area contributed by atoms with Gasteiger partial charge in [0.15, 0.2) is 5.76 Å². The zero-order valence-electron chi connectivity index (χ0n) is 14.2. The number of nitrogens with zero attached hydrogens (tertiary/aromatic N) is 3. The number of aromatic nitrogens is 3. The molecule has 128 valence electrons. The Morgan fingerprint density at radius 1 is 1.08 bits per heavy atom. The van der Waals surface area contributed by atoms with Crippen LogP contribution in [0.2, 0.25) is 0 Å². The van der Waals surface area contributed by atoms with E-state index in [0.29, 0.717) is 5.92 Å². The second-order valence-electron chi connectivity index (χ2n) is 7.46. The maximum atomic E-state index is 9.65. The largest absolute Gasteiger partial charge is 0.393 e. The lowest BCUT2D eigenvalue weighted by Crippen LogP contribution is -2.20. The molecular formula is C19H25N3O2. The summed E-state index contributed by atoms with van der Waals surface area (Å²) in [6, 6.07) is 1.92. The van der Waals surface area contributed by atoms with Gasteiger partial charge in [0.25, 0.3) is 0 Å². The number of hydrogen-bond donors (Lipinski definition) is 1. The molecule has 4 rings (SSSR count). The smallest absolute Gasteiger partial charge is 0.188 e. The highest BCUT2D eigenvalue weighted by molar-refractivity contribution is 5.57. The fourth-order valence-corrected chi connectivity index (χ4v) is 3.67. The molecule has 2 saturated carbocycles. The average molecular weight is 327 g/mol. The minimum Gasteiger partial charge on any atom is -0.393 e. The third kappa shape index (κ3) is 3.51. The highest BCUT2D eigenvalue weighted by atomic mass is 16.5. The Hall–Kier alpha value is -1.75. The molecule has 2 aliphatic carbocycles. The molecule has 2 aliphatic rings. The molecule has 1 N–H and O–H groups in total. The molecule has 0 unspecified atom stereocenters. The maximum absolute atomic E-state index is 9.65. The minimum atomic E-state index is -0.115. The minimum absolute atomic E-state index is 0.115. The molecule has 2 aromatic heterocycles. The van der Waals surface area contributed by atoms with E-state index in [9.17, 15) is 5.11 Å². The lowest BCUT2D eigenvalue weighted by molar-refractivity contribution is 0.108. The van der Waals surface area contributed by atoms with Crippen molar-refractivity contribution >= 4 is 0 Å². The zero-order chi connectivity index (χ0) is 16.5. The van der Waals surface area contributed by atoms with Gasteiger partial charge in [0.05, 0.1) is 11.8 Å². The summed E-state index contributed by atoms with van der Waals surface area (Å²) < 4.78 is 5.60. The van der Waals surface area contributed by atoms with E-state index < -0.39 is 0 Å². The molecule has 0 atom stereocenters. The van der Waals surface area contributed by atoms with Crippen molar-refractivity contribution in [3.05, 3.63) is 29.3 Å². The number of hydrogen-bond acceptors (Lipinski definition) is 5. The van der Waals surface area contributed by atoms with E-state index in [1.165, 1.54) is 18.4 Å². The van der Waals surface area contributed by atoms with Crippen LogP contribution in [0.4, 0.5) is 0 Å².